The van der Waals surface area contributed by atoms with Gasteiger partial charge in [0.1, 0.15) is 5.82 Å². The maximum Gasteiger partial charge on any atom is 0.433 e. The molecule has 0 saturated carbocycles. The van der Waals surface area contributed by atoms with Crippen molar-refractivity contribution in [3.05, 3.63) is 70.0 Å². The summed E-state index contributed by atoms with van der Waals surface area (Å²) in [5.41, 5.74) is -0.510. The Morgan fingerprint density at radius 1 is 1.19 bits per heavy atom. The van der Waals surface area contributed by atoms with Crippen LogP contribution in [-0.4, -0.2) is 30.3 Å². The van der Waals surface area contributed by atoms with Gasteiger partial charge in [-0.2, -0.15) is 23.4 Å². The third kappa shape index (κ3) is 4.22. The molecule has 166 valence electrons. The van der Waals surface area contributed by atoms with E-state index in [9.17, 15) is 22.4 Å². The Kier molecular flexibility index (Phi) is 5.71. The number of alkyl halides is 3. The smallest absolute Gasteiger partial charge is 0.345 e. The maximum atomic E-state index is 13.7. The number of rotatable bonds is 5. The van der Waals surface area contributed by atoms with Gasteiger partial charge >= 0.3 is 6.18 Å². The monoisotopic (exact) mass is 510 g/mol. The molecule has 0 spiro atoms. The van der Waals surface area contributed by atoms with E-state index in [1.54, 1.807) is 10.9 Å². The van der Waals surface area contributed by atoms with Crippen LogP contribution in [0.1, 0.15) is 28.8 Å². The van der Waals surface area contributed by atoms with Crippen LogP contribution in [0.5, 0.6) is 0 Å². The van der Waals surface area contributed by atoms with E-state index < -0.39 is 23.6 Å². The quantitative estimate of drug-likeness (QED) is 0.402. The van der Waals surface area contributed by atoms with Gasteiger partial charge in [0.15, 0.2) is 17.0 Å². The van der Waals surface area contributed by atoms with Crippen molar-refractivity contribution < 1.29 is 22.4 Å². The van der Waals surface area contributed by atoms with Gasteiger partial charge in [0.05, 0.1) is 28.6 Å². The molecule has 0 atom stereocenters. The van der Waals surface area contributed by atoms with Crippen molar-refractivity contribution in [2.75, 3.05) is 0 Å². The fraction of sp³-hybridized carbons (Fsp3) is 0.200. The lowest BCUT2D eigenvalue weighted by Crippen LogP contribution is -2.25. The summed E-state index contributed by atoms with van der Waals surface area (Å²) >= 11 is 3.35. The second-order valence-electron chi connectivity index (χ2n) is 6.77. The highest BCUT2D eigenvalue weighted by atomic mass is 79.9. The van der Waals surface area contributed by atoms with Crippen LogP contribution >= 0.6 is 15.9 Å². The Hall–Kier alpha value is -3.28. The average molecular weight is 511 g/mol. The molecule has 0 saturated heterocycles. The molecule has 7 nitrogen and oxygen atoms in total. The van der Waals surface area contributed by atoms with E-state index in [2.05, 4.69) is 36.4 Å². The molecular weight excluding hydrogens is 496 g/mol. The zero-order valence-electron chi connectivity index (χ0n) is 16.5. The first kappa shape index (κ1) is 21.9. The van der Waals surface area contributed by atoms with Crippen LogP contribution in [0, 0.1) is 5.82 Å². The van der Waals surface area contributed by atoms with Gasteiger partial charge in [-0.25, -0.2) is 13.9 Å². The van der Waals surface area contributed by atoms with E-state index >= 15 is 0 Å². The topological polar surface area (TPSA) is 77.1 Å². The molecule has 0 aliphatic heterocycles. The minimum Gasteiger partial charge on any atom is -0.345 e. The zero-order chi connectivity index (χ0) is 23.0. The Morgan fingerprint density at radius 2 is 1.91 bits per heavy atom. The van der Waals surface area contributed by atoms with Crippen molar-refractivity contribution in [1.82, 2.24) is 29.7 Å². The molecule has 1 aromatic carbocycles. The largest absolute Gasteiger partial charge is 0.433 e. The number of halogens is 5. The second-order valence-corrected chi connectivity index (χ2v) is 7.62. The van der Waals surface area contributed by atoms with Crippen molar-refractivity contribution in [2.24, 2.45) is 0 Å². The third-order valence-corrected chi connectivity index (χ3v) is 5.37. The highest BCUT2D eigenvalue weighted by Gasteiger charge is 2.35. The molecule has 0 fully saturated rings. The fourth-order valence-corrected chi connectivity index (χ4v) is 3.58. The van der Waals surface area contributed by atoms with Gasteiger partial charge in [-0.05, 0) is 53.2 Å². The van der Waals surface area contributed by atoms with Crippen molar-refractivity contribution in [3.8, 4) is 11.3 Å². The van der Waals surface area contributed by atoms with Gasteiger partial charge in [0.2, 0.25) is 0 Å². The normalized spacial score (nSPS) is 11.8. The van der Waals surface area contributed by atoms with Crippen LogP contribution < -0.4 is 5.32 Å². The van der Waals surface area contributed by atoms with Gasteiger partial charge in [-0.3, -0.25) is 9.48 Å². The van der Waals surface area contributed by atoms with E-state index in [1.165, 1.54) is 18.2 Å². The van der Waals surface area contributed by atoms with Crippen molar-refractivity contribution >= 4 is 27.5 Å². The van der Waals surface area contributed by atoms with Gasteiger partial charge in [-0.15, -0.1) is 0 Å². The Labute approximate surface area is 187 Å². The minimum absolute atomic E-state index is 0.0209. The number of aromatic nitrogens is 5. The summed E-state index contributed by atoms with van der Waals surface area (Å²) < 4.78 is 57.2. The highest BCUT2D eigenvalue weighted by Crippen LogP contribution is 2.32. The lowest BCUT2D eigenvalue weighted by atomic mass is 10.1. The van der Waals surface area contributed by atoms with E-state index in [0.717, 1.165) is 18.2 Å². The number of nitrogens with one attached hydrogen (secondary N) is 1. The molecular formula is C20H15BrF4N6O. The Morgan fingerprint density at radius 3 is 2.56 bits per heavy atom. The number of fused-ring (bicyclic) bond motifs is 1. The molecule has 0 aliphatic carbocycles. The predicted molar refractivity (Wildman–Crippen MR) is 110 cm³/mol. The van der Waals surface area contributed by atoms with E-state index in [1.807, 2.05) is 6.92 Å². The summed E-state index contributed by atoms with van der Waals surface area (Å²) in [5.74, 6) is -1.19. The minimum atomic E-state index is -4.76. The highest BCUT2D eigenvalue weighted by molar-refractivity contribution is 9.10. The summed E-state index contributed by atoms with van der Waals surface area (Å²) in [6.07, 6.45) is -3.17. The van der Waals surface area contributed by atoms with Crippen LogP contribution in [0.3, 0.4) is 0 Å². The van der Waals surface area contributed by atoms with Crippen LogP contribution in [0.25, 0.3) is 16.9 Å². The third-order valence-electron chi connectivity index (χ3n) is 4.70. The molecule has 4 aromatic rings. The summed E-state index contributed by atoms with van der Waals surface area (Å²) in [5, 5.41) is 10.6. The standard InChI is InChI=1S/C20H15BrF4N6O/c1-2-30-16(13(21)9-27-30)10-26-19(32)15-8-18-28-14(11-3-5-12(22)6-4-11)7-17(20(23,24)25)31(18)29-15/h3-9H,2,10H2,1H3,(H,26,32). The predicted octanol–water partition coefficient (Wildman–Crippen LogP) is 4.46. The number of carbonyl (C=O) groups is 1. The van der Waals surface area contributed by atoms with Crippen molar-refractivity contribution in [1.29, 1.82) is 0 Å². The molecule has 0 unspecified atom stereocenters. The number of hydrogen-bond acceptors (Lipinski definition) is 4. The Bertz CT molecular complexity index is 1300. The van der Waals surface area contributed by atoms with Gasteiger partial charge in [-0.1, -0.05) is 0 Å². The first-order valence-corrected chi connectivity index (χ1v) is 10.2. The molecule has 1 N–H and O–H groups in total. The molecule has 32 heavy (non-hydrogen) atoms. The number of amides is 1. The molecule has 0 radical (unpaired) electrons. The zero-order valence-corrected chi connectivity index (χ0v) is 18.1. The maximum absolute atomic E-state index is 13.7. The van der Waals surface area contributed by atoms with Crippen LogP contribution in [0.4, 0.5) is 17.6 Å². The van der Waals surface area contributed by atoms with Gasteiger partial charge < -0.3 is 5.32 Å². The van der Waals surface area contributed by atoms with Crippen molar-refractivity contribution in [2.45, 2.75) is 26.2 Å². The van der Waals surface area contributed by atoms with E-state index in [4.69, 9.17) is 0 Å². The van der Waals surface area contributed by atoms with Crippen LogP contribution in [0.15, 0.2) is 47.1 Å². The van der Waals surface area contributed by atoms with Gasteiger partial charge in [0, 0.05) is 18.2 Å². The van der Waals surface area contributed by atoms with Crippen LogP contribution in [0.2, 0.25) is 0 Å². The number of aryl methyl sites for hydroxylation is 1. The van der Waals surface area contributed by atoms with Crippen LogP contribution in [-0.2, 0) is 19.3 Å². The summed E-state index contributed by atoms with van der Waals surface area (Å²) in [6, 6.07) is 6.89. The average Bonchev–Trinajstić information content (AvgIpc) is 3.34. The summed E-state index contributed by atoms with van der Waals surface area (Å²) in [6.45, 7) is 2.56. The molecule has 0 bridgehead atoms. The van der Waals surface area contributed by atoms with E-state index in [0.29, 0.717) is 26.8 Å². The SMILES string of the molecule is CCn1ncc(Br)c1CNC(=O)c1cc2nc(-c3ccc(F)cc3)cc(C(F)(F)F)n2n1. The van der Waals surface area contributed by atoms with Gasteiger partial charge in [0.25, 0.3) is 5.91 Å². The first-order valence-electron chi connectivity index (χ1n) is 9.39. The second kappa shape index (κ2) is 8.34. The molecule has 4 rings (SSSR count). The molecule has 3 aromatic heterocycles. The molecule has 3 heterocycles. The number of benzene rings is 1. The Balaban J connectivity index is 1.70. The summed E-state index contributed by atoms with van der Waals surface area (Å²) in [4.78, 5) is 16.8. The van der Waals surface area contributed by atoms with Crippen molar-refractivity contribution in [3.63, 3.8) is 0 Å². The number of carbonyl (C=O) groups excluding carboxylic acids is 1. The number of hydrogen-bond donors (Lipinski definition) is 1. The summed E-state index contributed by atoms with van der Waals surface area (Å²) in [7, 11) is 0. The fourth-order valence-electron chi connectivity index (χ4n) is 3.15. The molecule has 0 aliphatic rings. The van der Waals surface area contributed by atoms with E-state index in [-0.39, 0.29) is 23.6 Å². The number of nitrogens with zero attached hydrogens (tertiary/aromatic N) is 5. The molecule has 1 amide bonds. The molecule has 12 heteroatoms. The lowest BCUT2D eigenvalue weighted by Gasteiger charge is -2.11. The first-order chi connectivity index (χ1) is 15.2. The lowest BCUT2D eigenvalue weighted by molar-refractivity contribution is -0.142.